The third kappa shape index (κ3) is 7.08. The summed E-state index contributed by atoms with van der Waals surface area (Å²) < 4.78 is 0. The maximum Gasteiger partial charge on any atom is 0.0700 e. The van der Waals surface area contributed by atoms with Crippen molar-refractivity contribution in [2.75, 3.05) is 6.61 Å². The van der Waals surface area contributed by atoms with Crippen molar-refractivity contribution in [2.45, 2.75) is 19.3 Å². The lowest BCUT2D eigenvalue weighted by Gasteiger charge is -1.81. The van der Waals surface area contributed by atoms with Gasteiger partial charge >= 0.3 is 0 Å². The van der Waals surface area contributed by atoms with Gasteiger partial charge in [0.05, 0.1) is 6.42 Å². The molecule has 0 bridgehead atoms. The van der Waals surface area contributed by atoms with Crippen molar-refractivity contribution in [3.8, 4) is 24.2 Å². The highest BCUT2D eigenvalue weighted by Crippen LogP contribution is 1.82. The maximum absolute atomic E-state index is 8.31. The largest absolute Gasteiger partial charge is 0.396 e. The Morgan fingerprint density at radius 2 is 2.11 bits per heavy atom. The second-order valence-electron chi connectivity index (χ2n) is 1.56. The fourth-order valence-electron chi connectivity index (χ4n) is 0.369. The summed E-state index contributed by atoms with van der Waals surface area (Å²) in [6, 6.07) is 0. The van der Waals surface area contributed by atoms with Crippen LogP contribution in [0.2, 0.25) is 0 Å². The molecule has 0 fully saturated rings. The molecule has 0 radical (unpaired) electrons. The number of hydrogen-bond acceptors (Lipinski definition) is 1. The average Bonchev–Trinajstić information content (AvgIpc) is 1.89. The molecule has 0 unspecified atom stereocenters. The molecule has 48 valence electrons. The van der Waals surface area contributed by atoms with Crippen molar-refractivity contribution in [1.82, 2.24) is 0 Å². The second-order valence-corrected chi connectivity index (χ2v) is 1.56. The van der Waals surface area contributed by atoms with Crippen molar-refractivity contribution < 1.29 is 5.11 Å². The van der Waals surface area contributed by atoms with Crippen LogP contribution in [0.5, 0.6) is 0 Å². The molecule has 0 aliphatic heterocycles. The summed E-state index contributed by atoms with van der Waals surface area (Å²) in [5.41, 5.74) is 0. The zero-order valence-electron chi connectivity index (χ0n) is 5.35. The Morgan fingerprint density at radius 1 is 1.33 bits per heavy atom. The molecule has 9 heavy (non-hydrogen) atoms. The van der Waals surface area contributed by atoms with Gasteiger partial charge in [0.1, 0.15) is 0 Å². The Bertz CT molecular complexity index is 142. The average molecular weight is 122 g/mol. The minimum absolute atomic E-state index is 0.213. The monoisotopic (exact) mass is 122 g/mol. The van der Waals surface area contributed by atoms with E-state index in [1.165, 1.54) is 0 Å². The van der Waals surface area contributed by atoms with E-state index in [1.54, 1.807) is 0 Å². The molecule has 0 spiro atoms. The van der Waals surface area contributed by atoms with Gasteiger partial charge in [0.2, 0.25) is 0 Å². The number of aliphatic hydroxyl groups excluding tert-OH is 1. The Morgan fingerprint density at radius 3 is 2.67 bits per heavy atom. The fourth-order valence-corrected chi connectivity index (χ4v) is 0.369. The van der Waals surface area contributed by atoms with Crippen LogP contribution in [0.3, 0.4) is 0 Å². The molecule has 1 N–H and O–H groups in total. The molecular weight excluding hydrogens is 112 g/mol. The minimum atomic E-state index is 0.213. The molecule has 0 heterocycles. The van der Waals surface area contributed by atoms with E-state index in [0.29, 0.717) is 6.42 Å². The number of aliphatic hydroxyl groups is 1. The molecule has 0 aromatic carbocycles. The van der Waals surface area contributed by atoms with E-state index in [0.717, 1.165) is 12.8 Å². The normalized spacial score (nSPS) is 7.11. The number of hydrogen-bond donors (Lipinski definition) is 1. The maximum atomic E-state index is 8.31. The zero-order chi connectivity index (χ0) is 6.95. The molecule has 0 aliphatic carbocycles. The molecule has 0 saturated carbocycles. The Hall–Kier alpha value is -0.920. The first kappa shape index (κ1) is 8.08. The molecular formula is C8H10O. The first-order chi connectivity index (χ1) is 4.41. The van der Waals surface area contributed by atoms with Crippen LogP contribution in [0.15, 0.2) is 0 Å². The first-order valence-corrected chi connectivity index (χ1v) is 2.92. The summed E-state index contributed by atoms with van der Waals surface area (Å²) in [5, 5.41) is 8.31. The van der Waals surface area contributed by atoms with E-state index < -0.39 is 0 Å². The highest BCUT2D eigenvalue weighted by molar-refractivity contribution is 5.07. The molecule has 1 heteroatoms. The molecule has 0 aliphatic rings. The highest BCUT2D eigenvalue weighted by atomic mass is 16.2. The van der Waals surface area contributed by atoms with Crippen LogP contribution in [0.25, 0.3) is 0 Å². The zero-order valence-corrected chi connectivity index (χ0v) is 5.35. The smallest absolute Gasteiger partial charge is 0.0700 e. The quantitative estimate of drug-likeness (QED) is 0.424. The van der Waals surface area contributed by atoms with Gasteiger partial charge in [0, 0.05) is 13.0 Å². The molecule has 0 amide bonds. The van der Waals surface area contributed by atoms with E-state index in [-0.39, 0.29) is 6.61 Å². The van der Waals surface area contributed by atoms with Gasteiger partial charge in [-0.05, 0) is 6.42 Å². The molecule has 0 aromatic rings. The van der Waals surface area contributed by atoms with Crippen LogP contribution in [0.4, 0.5) is 0 Å². The third-order valence-corrected chi connectivity index (χ3v) is 0.775. The number of unbranched alkanes of at least 4 members (excludes halogenated alkanes) is 1. The van der Waals surface area contributed by atoms with E-state index >= 15 is 0 Å². The van der Waals surface area contributed by atoms with E-state index in [4.69, 9.17) is 11.5 Å². The Balaban J connectivity index is 3.08. The highest BCUT2D eigenvalue weighted by Gasteiger charge is 1.75. The van der Waals surface area contributed by atoms with Gasteiger partial charge in [0.25, 0.3) is 0 Å². The van der Waals surface area contributed by atoms with Gasteiger partial charge in [-0.1, -0.05) is 11.8 Å². The summed E-state index contributed by atoms with van der Waals surface area (Å²) in [5.74, 6) is 8.02. The molecule has 0 aromatic heterocycles. The third-order valence-electron chi connectivity index (χ3n) is 0.775. The van der Waals surface area contributed by atoms with E-state index in [9.17, 15) is 0 Å². The molecule has 0 saturated heterocycles. The van der Waals surface area contributed by atoms with Crippen LogP contribution in [-0.4, -0.2) is 11.7 Å². The lowest BCUT2D eigenvalue weighted by molar-refractivity contribution is 0.290. The van der Waals surface area contributed by atoms with Crippen LogP contribution in [0, 0.1) is 24.2 Å². The van der Waals surface area contributed by atoms with Gasteiger partial charge in [-0.3, -0.25) is 0 Å². The second kappa shape index (κ2) is 7.08. The van der Waals surface area contributed by atoms with Gasteiger partial charge < -0.3 is 5.11 Å². The summed E-state index contributed by atoms with van der Waals surface area (Å²) in [7, 11) is 0. The Kier molecular flexibility index (Phi) is 6.36. The molecule has 0 rings (SSSR count). The van der Waals surface area contributed by atoms with Crippen molar-refractivity contribution in [1.29, 1.82) is 0 Å². The van der Waals surface area contributed by atoms with E-state index in [2.05, 4.69) is 17.8 Å². The number of rotatable bonds is 2. The van der Waals surface area contributed by atoms with Crippen LogP contribution in [0.1, 0.15) is 19.3 Å². The van der Waals surface area contributed by atoms with Gasteiger partial charge in [0.15, 0.2) is 0 Å². The van der Waals surface area contributed by atoms with Gasteiger partial charge in [-0.15, -0.1) is 12.3 Å². The lowest BCUT2D eigenvalue weighted by atomic mass is 10.3. The van der Waals surface area contributed by atoms with Crippen LogP contribution in [-0.2, 0) is 0 Å². The fraction of sp³-hybridized carbons (Fsp3) is 0.500. The van der Waals surface area contributed by atoms with Gasteiger partial charge in [-0.2, -0.15) is 0 Å². The summed E-state index contributed by atoms with van der Waals surface area (Å²) in [6.45, 7) is 0.213. The topological polar surface area (TPSA) is 20.2 Å². The Labute approximate surface area is 56.1 Å². The molecule has 1 nitrogen and oxygen atoms in total. The van der Waals surface area contributed by atoms with Crippen molar-refractivity contribution in [3.63, 3.8) is 0 Å². The summed E-state index contributed by atoms with van der Waals surface area (Å²) in [6.07, 6.45) is 6.96. The minimum Gasteiger partial charge on any atom is -0.396 e. The van der Waals surface area contributed by atoms with Crippen molar-refractivity contribution in [2.24, 2.45) is 0 Å². The van der Waals surface area contributed by atoms with Crippen LogP contribution < -0.4 is 0 Å². The number of terminal acetylenes is 1. The summed E-state index contributed by atoms with van der Waals surface area (Å²) >= 11 is 0. The summed E-state index contributed by atoms with van der Waals surface area (Å²) in [4.78, 5) is 0. The van der Waals surface area contributed by atoms with E-state index in [1.807, 2.05) is 0 Å². The van der Waals surface area contributed by atoms with Crippen LogP contribution >= 0.6 is 0 Å². The van der Waals surface area contributed by atoms with Crippen molar-refractivity contribution >= 4 is 0 Å². The van der Waals surface area contributed by atoms with Gasteiger partial charge in [-0.25, -0.2) is 0 Å². The van der Waals surface area contributed by atoms with Crippen molar-refractivity contribution in [3.05, 3.63) is 0 Å². The predicted octanol–water partition coefficient (Wildman–Crippen LogP) is 0.786. The standard InChI is InChI=1S/C8H10O/c1-2-3-4-5-6-7-8-9/h1,9H,3,6-8H2. The predicted molar refractivity (Wildman–Crippen MR) is 37.5 cm³/mol. The SMILES string of the molecule is C#CCC#CCCCO. The lowest BCUT2D eigenvalue weighted by Crippen LogP contribution is -1.78. The first-order valence-electron chi connectivity index (χ1n) is 2.92. The molecule has 0 atom stereocenters.